The normalized spacial score (nSPS) is 25.8. The molecule has 1 aliphatic carbocycles. The van der Waals surface area contributed by atoms with Gasteiger partial charge in [-0.3, -0.25) is 9.59 Å². The average molecular weight is 265 g/mol. The van der Waals surface area contributed by atoms with Crippen molar-refractivity contribution in [3.8, 4) is 0 Å². The lowest BCUT2D eigenvalue weighted by atomic mass is 9.47. The molecule has 0 atom stereocenters. The van der Waals surface area contributed by atoms with Gasteiger partial charge in [-0.25, -0.2) is 0 Å². The van der Waals surface area contributed by atoms with Gasteiger partial charge in [-0.2, -0.15) is 0 Å². The van der Waals surface area contributed by atoms with E-state index in [1.165, 1.54) is 6.42 Å². The highest BCUT2D eigenvalue weighted by atomic mass is 16.7. The Morgan fingerprint density at radius 1 is 1.11 bits per heavy atom. The van der Waals surface area contributed by atoms with E-state index in [9.17, 15) is 14.4 Å². The van der Waals surface area contributed by atoms with E-state index in [-0.39, 0.29) is 18.9 Å². The van der Waals surface area contributed by atoms with Crippen LogP contribution in [-0.2, 0) is 18.9 Å². The quantitative estimate of drug-likeness (QED) is 0.596. The molecule has 2 aliphatic heterocycles. The molecule has 2 heterocycles. The Kier molecular flexibility index (Phi) is 2.91. The summed E-state index contributed by atoms with van der Waals surface area (Å²) in [6.45, 7) is -2.52. The lowest BCUT2D eigenvalue weighted by molar-refractivity contribution is -0.138. The van der Waals surface area contributed by atoms with Crippen LogP contribution < -0.4 is 5.32 Å². The van der Waals surface area contributed by atoms with Gasteiger partial charge in [-0.15, -0.1) is 0 Å². The van der Waals surface area contributed by atoms with Gasteiger partial charge in [0.2, 0.25) is 5.81 Å². The number of nitrogens with one attached hydrogen (secondary N) is 1. The van der Waals surface area contributed by atoms with E-state index < -0.39 is 24.3 Å². The molecule has 3 rings (SSSR count). The summed E-state index contributed by atoms with van der Waals surface area (Å²) >= 11 is 0. The summed E-state index contributed by atoms with van der Waals surface area (Å²) in [5, 5.41) is 2.88. The summed E-state index contributed by atoms with van der Waals surface area (Å²) in [4.78, 5) is 35.1. The molecular formula is C12H16BNO5. The number of hydrogen-bond donors (Lipinski definition) is 1. The number of amides is 1. The number of fused-ring (bicyclic) bond motifs is 1. The van der Waals surface area contributed by atoms with Crippen LogP contribution in [0.3, 0.4) is 0 Å². The van der Waals surface area contributed by atoms with E-state index in [1.54, 1.807) is 0 Å². The standard InChI is InChI=1S/C12H16BNO5/c15-10-6-8-7-11(16)19-13(8,18-10)12(17)14-9-4-2-1-3-5-9/h9H,1-7H2,(H,14,17). The van der Waals surface area contributed by atoms with Crippen LogP contribution in [0.25, 0.3) is 0 Å². The first kappa shape index (κ1) is 12.4. The summed E-state index contributed by atoms with van der Waals surface area (Å²) < 4.78 is 10.2. The SMILES string of the molecule is O=C1C[C+]2CC(=O)O[B-]2(C(=O)NC2CCCCC2)O1. The molecule has 0 radical (unpaired) electrons. The van der Waals surface area contributed by atoms with Crippen molar-refractivity contribution in [2.24, 2.45) is 0 Å². The second-order valence-corrected chi connectivity index (χ2v) is 5.55. The molecule has 0 aromatic carbocycles. The Morgan fingerprint density at radius 2 is 1.68 bits per heavy atom. The summed E-state index contributed by atoms with van der Waals surface area (Å²) in [6, 6.07) is 0.0948. The van der Waals surface area contributed by atoms with E-state index in [0.717, 1.165) is 25.7 Å². The minimum atomic E-state index is -2.52. The van der Waals surface area contributed by atoms with Crippen LogP contribution in [0.2, 0.25) is 0 Å². The fourth-order valence-corrected chi connectivity index (χ4v) is 3.20. The van der Waals surface area contributed by atoms with Crippen LogP contribution in [0.15, 0.2) is 0 Å². The number of hydrogen-bond acceptors (Lipinski definition) is 5. The molecule has 0 bridgehead atoms. The summed E-state index contributed by atoms with van der Waals surface area (Å²) in [5.41, 5.74) is 0. The first-order valence-electron chi connectivity index (χ1n) is 6.84. The highest BCUT2D eigenvalue weighted by Gasteiger charge is 2.70. The number of carbonyl (C=O) groups excluding carboxylic acids is 3. The number of carbonyl (C=O) groups is 3. The van der Waals surface area contributed by atoms with Crippen LogP contribution >= 0.6 is 0 Å². The van der Waals surface area contributed by atoms with E-state index in [1.807, 2.05) is 0 Å². The van der Waals surface area contributed by atoms with Gasteiger partial charge in [-0.05, 0) is 12.8 Å². The molecule has 0 aromatic heterocycles. The molecule has 3 aliphatic rings. The fourth-order valence-electron chi connectivity index (χ4n) is 3.20. The summed E-state index contributed by atoms with van der Waals surface area (Å²) in [7, 11) is 0. The van der Waals surface area contributed by atoms with Crippen molar-refractivity contribution in [2.75, 3.05) is 0 Å². The molecule has 102 valence electrons. The topological polar surface area (TPSA) is 81.7 Å². The molecule has 3 fully saturated rings. The summed E-state index contributed by atoms with van der Waals surface area (Å²) in [5.74, 6) is -0.926. The molecular weight excluding hydrogens is 249 g/mol. The average Bonchev–Trinajstić information content (AvgIpc) is 2.82. The van der Waals surface area contributed by atoms with Crippen molar-refractivity contribution >= 4 is 24.3 Å². The zero-order valence-corrected chi connectivity index (χ0v) is 10.6. The highest BCUT2D eigenvalue weighted by Crippen LogP contribution is 2.40. The second kappa shape index (κ2) is 4.47. The lowest BCUT2D eigenvalue weighted by Gasteiger charge is -2.29. The van der Waals surface area contributed by atoms with Crippen molar-refractivity contribution in [1.82, 2.24) is 5.32 Å². The molecule has 1 saturated carbocycles. The first-order chi connectivity index (χ1) is 9.10. The predicted molar refractivity (Wildman–Crippen MR) is 65.8 cm³/mol. The largest absolute Gasteiger partial charge is 0.642 e. The zero-order chi connectivity index (χ0) is 13.5. The third kappa shape index (κ3) is 2.07. The number of rotatable bonds is 2. The van der Waals surface area contributed by atoms with Gasteiger partial charge in [0.05, 0.1) is 0 Å². The van der Waals surface area contributed by atoms with E-state index in [0.29, 0.717) is 5.82 Å². The van der Waals surface area contributed by atoms with Gasteiger partial charge in [0.15, 0.2) is 0 Å². The molecule has 6 nitrogen and oxygen atoms in total. The smallest absolute Gasteiger partial charge is 0.607 e. The molecule has 0 aromatic rings. The Morgan fingerprint density at radius 3 is 2.26 bits per heavy atom. The lowest BCUT2D eigenvalue weighted by Crippen LogP contribution is -2.57. The van der Waals surface area contributed by atoms with Crippen molar-refractivity contribution in [1.29, 1.82) is 0 Å². The van der Waals surface area contributed by atoms with Gasteiger partial charge in [-0.1, -0.05) is 19.3 Å². The Hall–Kier alpha value is -1.66. The molecule has 1 amide bonds. The van der Waals surface area contributed by atoms with E-state index >= 15 is 0 Å². The molecule has 7 heteroatoms. The third-order valence-electron chi connectivity index (χ3n) is 4.17. The van der Waals surface area contributed by atoms with Crippen LogP contribution in [-0.4, -0.2) is 30.3 Å². The molecule has 2 saturated heterocycles. The van der Waals surface area contributed by atoms with Gasteiger partial charge in [0, 0.05) is 11.9 Å². The predicted octanol–water partition coefficient (Wildman–Crippen LogP) is 1.06. The molecule has 19 heavy (non-hydrogen) atoms. The van der Waals surface area contributed by atoms with E-state index in [4.69, 9.17) is 9.31 Å². The van der Waals surface area contributed by atoms with Crippen LogP contribution in [0, 0.1) is 5.82 Å². The Labute approximate surface area is 111 Å². The van der Waals surface area contributed by atoms with Crippen molar-refractivity contribution in [3.63, 3.8) is 0 Å². The van der Waals surface area contributed by atoms with Crippen molar-refractivity contribution in [2.45, 2.75) is 51.0 Å². The molecule has 0 unspecified atom stereocenters. The van der Waals surface area contributed by atoms with Gasteiger partial charge < -0.3 is 19.4 Å². The van der Waals surface area contributed by atoms with Crippen molar-refractivity contribution < 1.29 is 23.7 Å². The van der Waals surface area contributed by atoms with E-state index in [2.05, 4.69) is 5.32 Å². The monoisotopic (exact) mass is 265 g/mol. The maximum absolute atomic E-state index is 12.3. The second-order valence-electron chi connectivity index (χ2n) is 5.55. The van der Waals surface area contributed by atoms with Gasteiger partial charge in [0.25, 0.3) is 0 Å². The molecule has 0 spiro atoms. The van der Waals surface area contributed by atoms with Gasteiger partial charge in [0.1, 0.15) is 12.8 Å². The highest BCUT2D eigenvalue weighted by molar-refractivity contribution is 7.04. The fraction of sp³-hybridized carbons (Fsp3) is 0.667. The van der Waals surface area contributed by atoms with Gasteiger partial charge >= 0.3 is 18.5 Å². The Bertz CT molecular complexity index is 412. The first-order valence-corrected chi connectivity index (χ1v) is 6.84. The Balaban J connectivity index is 1.73. The molecule has 1 N–H and O–H groups in total. The van der Waals surface area contributed by atoms with Crippen LogP contribution in [0.4, 0.5) is 4.79 Å². The summed E-state index contributed by atoms with van der Waals surface area (Å²) in [6.07, 6.45) is 5.24. The zero-order valence-electron chi connectivity index (χ0n) is 10.6. The maximum atomic E-state index is 12.3. The maximum Gasteiger partial charge on any atom is 0.642 e. The van der Waals surface area contributed by atoms with Crippen molar-refractivity contribution in [3.05, 3.63) is 5.82 Å². The van der Waals surface area contributed by atoms with Crippen LogP contribution in [0.1, 0.15) is 44.9 Å². The minimum absolute atomic E-state index is 0.0177. The van der Waals surface area contributed by atoms with Crippen LogP contribution in [0.5, 0.6) is 0 Å². The minimum Gasteiger partial charge on any atom is -0.607 e. The third-order valence-corrected chi connectivity index (χ3v) is 4.17.